The van der Waals surface area contributed by atoms with Crippen LogP contribution in [0.1, 0.15) is 12.0 Å². The molecule has 0 fully saturated rings. The smallest absolute Gasteiger partial charge is 0.0650 e. The lowest BCUT2D eigenvalue weighted by Gasteiger charge is -2.16. The molecule has 0 spiro atoms. The maximum absolute atomic E-state index is 5.21. The van der Waals surface area contributed by atoms with E-state index in [0.717, 1.165) is 26.1 Å². The summed E-state index contributed by atoms with van der Waals surface area (Å²) in [6, 6.07) is 10.5. The SMILES string of the molecule is CN(CCCOSI)Cc1ccccc1. The zero-order chi connectivity index (χ0) is 10.9. The van der Waals surface area contributed by atoms with Crippen LogP contribution in [0.3, 0.4) is 0 Å². The Bertz CT molecular complexity index is 258. The van der Waals surface area contributed by atoms with Gasteiger partial charge in [0.25, 0.3) is 0 Å². The lowest BCUT2D eigenvalue weighted by atomic mass is 10.2. The summed E-state index contributed by atoms with van der Waals surface area (Å²) < 4.78 is 5.21. The van der Waals surface area contributed by atoms with Gasteiger partial charge >= 0.3 is 0 Å². The highest BCUT2D eigenvalue weighted by molar-refractivity contribution is 14.2. The first kappa shape index (κ1) is 13.3. The van der Waals surface area contributed by atoms with Gasteiger partial charge in [-0.3, -0.25) is 0 Å². The maximum atomic E-state index is 5.21. The average molecular weight is 337 g/mol. The van der Waals surface area contributed by atoms with Crippen molar-refractivity contribution in [2.75, 3.05) is 20.2 Å². The molecule has 1 aromatic carbocycles. The van der Waals surface area contributed by atoms with Gasteiger partial charge in [0.2, 0.25) is 0 Å². The van der Waals surface area contributed by atoms with Crippen molar-refractivity contribution in [1.29, 1.82) is 0 Å². The first-order chi connectivity index (χ1) is 7.33. The first-order valence-electron chi connectivity index (χ1n) is 4.95. The molecular weight excluding hydrogens is 321 g/mol. The topological polar surface area (TPSA) is 12.5 Å². The van der Waals surface area contributed by atoms with Crippen molar-refractivity contribution in [2.45, 2.75) is 13.0 Å². The van der Waals surface area contributed by atoms with Crippen molar-refractivity contribution < 1.29 is 4.18 Å². The first-order valence-corrected chi connectivity index (χ1v) is 8.24. The fraction of sp³-hybridized carbons (Fsp3) is 0.455. The quantitative estimate of drug-likeness (QED) is 0.429. The molecule has 0 bridgehead atoms. The largest absolute Gasteiger partial charge is 0.305 e. The summed E-state index contributed by atoms with van der Waals surface area (Å²) in [6.07, 6.45) is 1.08. The summed E-state index contributed by atoms with van der Waals surface area (Å²) in [5.74, 6) is 0. The minimum Gasteiger partial charge on any atom is -0.305 e. The van der Waals surface area contributed by atoms with Crippen molar-refractivity contribution in [2.24, 2.45) is 0 Å². The molecule has 0 aromatic heterocycles. The summed E-state index contributed by atoms with van der Waals surface area (Å²) in [5.41, 5.74) is 1.36. The standard InChI is InChI=1S/C11H16INOS/c1-13(8-5-9-14-15-12)10-11-6-3-2-4-7-11/h2-4,6-7H,5,8-10H2,1H3. The Labute approximate surface area is 108 Å². The van der Waals surface area contributed by atoms with Crippen LogP contribution in [0.4, 0.5) is 0 Å². The highest BCUT2D eigenvalue weighted by Crippen LogP contribution is 2.12. The molecule has 0 aliphatic rings. The number of halogens is 1. The van der Waals surface area contributed by atoms with Crippen LogP contribution in [0.5, 0.6) is 0 Å². The van der Waals surface area contributed by atoms with E-state index in [0.29, 0.717) is 0 Å². The molecule has 4 heteroatoms. The molecule has 0 saturated heterocycles. The Morgan fingerprint density at radius 2 is 2.07 bits per heavy atom. The van der Waals surface area contributed by atoms with Crippen molar-refractivity contribution in [3.05, 3.63) is 35.9 Å². The summed E-state index contributed by atoms with van der Waals surface area (Å²) in [6.45, 7) is 2.91. The van der Waals surface area contributed by atoms with E-state index in [1.807, 2.05) is 0 Å². The van der Waals surface area contributed by atoms with Gasteiger partial charge in [-0.05, 0) is 19.0 Å². The van der Waals surface area contributed by atoms with Crippen molar-refractivity contribution in [1.82, 2.24) is 4.90 Å². The van der Waals surface area contributed by atoms with E-state index in [4.69, 9.17) is 4.18 Å². The van der Waals surface area contributed by atoms with Gasteiger partial charge in [0.1, 0.15) is 0 Å². The van der Waals surface area contributed by atoms with Gasteiger partial charge in [0.15, 0.2) is 0 Å². The van der Waals surface area contributed by atoms with Gasteiger partial charge in [-0.25, -0.2) is 0 Å². The molecule has 0 unspecified atom stereocenters. The second-order valence-corrected chi connectivity index (χ2v) is 4.90. The zero-order valence-electron chi connectivity index (χ0n) is 8.86. The zero-order valence-corrected chi connectivity index (χ0v) is 11.8. The van der Waals surface area contributed by atoms with Crippen LogP contribution in [0, 0.1) is 0 Å². The van der Waals surface area contributed by atoms with Crippen molar-refractivity contribution >= 4 is 30.4 Å². The molecule has 0 amide bonds. The Kier molecular flexibility index (Phi) is 7.42. The highest BCUT2D eigenvalue weighted by atomic mass is 127. The lowest BCUT2D eigenvalue weighted by Crippen LogP contribution is -2.19. The van der Waals surface area contributed by atoms with E-state index in [-0.39, 0.29) is 0 Å². The normalized spacial score (nSPS) is 10.9. The summed E-state index contributed by atoms with van der Waals surface area (Å²) in [4.78, 5) is 2.32. The third-order valence-corrected chi connectivity index (χ3v) is 3.13. The highest BCUT2D eigenvalue weighted by Gasteiger charge is 1.99. The van der Waals surface area contributed by atoms with Crippen LogP contribution in [0.25, 0.3) is 0 Å². The molecule has 1 rings (SSSR count). The van der Waals surface area contributed by atoms with Gasteiger partial charge in [0, 0.05) is 34.3 Å². The van der Waals surface area contributed by atoms with Gasteiger partial charge in [-0.1, -0.05) is 30.3 Å². The van der Waals surface area contributed by atoms with Crippen LogP contribution in [0.15, 0.2) is 30.3 Å². The van der Waals surface area contributed by atoms with E-state index < -0.39 is 0 Å². The number of benzene rings is 1. The number of nitrogens with zero attached hydrogens (tertiary/aromatic N) is 1. The Morgan fingerprint density at radius 3 is 2.73 bits per heavy atom. The molecule has 84 valence electrons. The van der Waals surface area contributed by atoms with Crippen LogP contribution >= 0.6 is 30.4 Å². The fourth-order valence-corrected chi connectivity index (χ4v) is 2.12. The predicted molar refractivity (Wildman–Crippen MR) is 75.0 cm³/mol. The fourth-order valence-electron chi connectivity index (χ4n) is 1.40. The maximum Gasteiger partial charge on any atom is 0.0650 e. The minimum absolute atomic E-state index is 0.826. The Morgan fingerprint density at radius 1 is 1.33 bits per heavy atom. The number of hydrogen-bond donors (Lipinski definition) is 0. The van der Waals surface area contributed by atoms with E-state index in [2.05, 4.69) is 63.5 Å². The Hall–Kier alpha value is 0.220. The summed E-state index contributed by atoms with van der Waals surface area (Å²) in [5, 5.41) is 0. The minimum atomic E-state index is 0.826. The van der Waals surface area contributed by atoms with Crippen LogP contribution in [0.2, 0.25) is 0 Å². The third kappa shape index (κ3) is 6.40. The van der Waals surface area contributed by atoms with Gasteiger partial charge in [-0.15, -0.1) is 0 Å². The van der Waals surface area contributed by atoms with Crippen molar-refractivity contribution in [3.63, 3.8) is 0 Å². The molecule has 0 atom stereocenters. The lowest BCUT2D eigenvalue weighted by molar-refractivity contribution is 0.281. The van der Waals surface area contributed by atoms with Crippen molar-refractivity contribution in [3.8, 4) is 0 Å². The molecule has 15 heavy (non-hydrogen) atoms. The van der Waals surface area contributed by atoms with E-state index >= 15 is 0 Å². The second-order valence-electron chi connectivity index (χ2n) is 3.46. The molecule has 0 aliphatic heterocycles. The van der Waals surface area contributed by atoms with Crippen LogP contribution in [-0.4, -0.2) is 25.1 Å². The third-order valence-electron chi connectivity index (χ3n) is 2.11. The molecule has 0 heterocycles. The summed E-state index contributed by atoms with van der Waals surface area (Å²) >= 11 is 2.14. The number of rotatable bonds is 7. The van der Waals surface area contributed by atoms with E-state index in [9.17, 15) is 0 Å². The molecule has 0 saturated carbocycles. The molecule has 0 N–H and O–H groups in total. The van der Waals surface area contributed by atoms with E-state index in [1.54, 1.807) is 0 Å². The monoisotopic (exact) mass is 337 g/mol. The van der Waals surface area contributed by atoms with Crippen LogP contribution < -0.4 is 0 Å². The average Bonchev–Trinajstić information content (AvgIpc) is 2.26. The van der Waals surface area contributed by atoms with Gasteiger partial charge in [-0.2, -0.15) is 0 Å². The Balaban J connectivity index is 2.16. The summed E-state index contributed by atoms with van der Waals surface area (Å²) in [7, 11) is 3.55. The molecular formula is C11H16INOS. The molecule has 2 nitrogen and oxygen atoms in total. The molecule has 0 radical (unpaired) electrons. The van der Waals surface area contributed by atoms with E-state index in [1.165, 1.54) is 14.8 Å². The predicted octanol–water partition coefficient (Wildman–Crippen LogP) is 3.52. The van der Waals surface area contributed by atoms with Gasteiger partial charge < -0.3 is 9.08 Å². The van der Waals surface area contributed by atoms with Gasteiger partial charge in [0.05, 0.1) is 15.8 Å². The van der Waals surface area contributed by atoms with Crippen LogP contribution in [-0.2, 0) is 10.7 Å². The molecule has 0 aliphatic carbocycles. The second kappa shape index (κ2) is 8.38. The molecule has 1 aromatic rings. The number of hydrogen-bond acceptors (Lipinski definition) is 3.